The van der Waals surface area contributed by atoms with Gasteiger partial charge in [0.2, 0.25) is 0 Å². The average Bonchev–Trinajstić information content (AvgIpc) is 2.39. The summed E-state index contributed by atoms with van der Waals surface area (Å²) < 4.78 is 54.0. The van der Waals surface area contributed by atoms with Crippen molar-refractivity contribution in [2.24, 2.45) is 0 Å². The van der Waals surface area contributed by atoms with Crippen molar-refractivity contribution in [1.82, 2.24) is 0 Å². The number of hydrogen-bond donors (Lipinski definition) is 0. The van der Waals surface area contributed by atoms with E-state index in [0.29, 0.717) is 6.42 Å². The maximum absolute atomic E-state index is 12.9. The van der Waals surface area contributed by atoms with Gasteiger partial charge in [-0.15, -0.1) is 0 Å². The Bertz CT molecular complexity index is 452. The van der Waals surface area contributed by atoms with Crippen LogP contribution in [0, 0.1) is 0 Å². The fraction of sp³-hybridized carbons (Fsp3) is 0.462. The van der Waals surface area contributed by atoms with Gasteiger partial charge in [0, 0.05) is 11.8 Å². The number of Topliss-reactive ketones (excluding diaryl/α,β-unsaturated/α-hetero) is 1. The molecule has 0 aliphatic heterocycles. The summed E-state index contributed by atoms with van der Waals surface area (Å²) in [7, 11) is 0. The lowest BCUT2D eigenvalue weighted by Crippen LogP contribution is -2.34. The second-order valence-electron chi connectivity index (χ2n) is 4.03. The summed E-state index contributed by atoms with van der Waals surface area (Å²) in [5.41, 5.74) is -0.109. The number of halogens is 5. The zero-order valence-corrected chi connectivity index (χ0v) is 12.0. The third kappa shape index (κ3) is 4.77. The average molecular weight is 357 g/mol. The molecular weight excluding hydrogens is 344 g/mol. The molecule has 1 aromatic carbocycles. The Morgan fingerprint density at radius 1 is 1.25 bits per heavy atom. The molecule has 0 unspecified atom stereocenters. The van der Waals surface area contributed by atoms with Gasteiger partial charge in [0.05, 0.1) is 5.56 Å². The molecule has 0 fully saturated rings. The maximum Gasteiger partial charge on any atom is 0.461 e. The van der Waals surface area contributed by atoms with Gasteiger partial charge >= 0.3 is 12.5 Å². The molecule has 0 aliphatic carbocycles. The van der Waals surface area contributed by atoms with E-state index in [0.717, 1.165) is 17.8 Å². The van der Waals surface area contributed by atoms with Crippen LogP contribution >= 0.6 is 15.9 Å². The molecule has 1 aromatic rings. The topological polar surface area (TPSA) is 26.3 Å². The Morgan fingerprint density at radius 3 is 2.50 bits per heavy atom. The smallest absolute Gasteiger partial charge is 0.428 e. The Kier molecular flexibility index (Phi) is 6.45. The maximum atomic E-state index is 12.9. The molecule has 0 heterocycles. The lowest BCUT2D eigenvalue weighted by Gasteiger charge is -2.18. The van der Waals surface area contributed by atoms with E-state index in [1.54, 1.807) is 0 Å². The molecule has 112 valence electrons. The second kappa shape index (κ2) is 7.61. The third-order valence-corrected chi connectivity index (χ3v) is 3.04. The van der Waals surface area contributed by atoms with Crippen molar-refractivity contribution in [1.29, 1.82) is 0 Å². The van der Waals surface area contributed by atoms with Crippen LogP contribution in [0.5, 0.6) is 5.75 Å². The first-order valence-corrected chi connectivity index (χ1v) is 7.04. The minimum atomic E-state index is -4.62. The lowest BCUT2D eigenvalue weighted by molar-refractivity contribution is -0.253. The van der Waals surface area contributed by atoms with Crippen LogP contribution in [0.15, 0.2) is 24.3 Å². The fourth-order valence-corrected chi connectivity index (χ4v) is 1.89. The van der Waals surface area contributed by atoms with Crippen molar-refractivity contribution in [3.05, 3.63) is 29.8 Å². The number of ketones is 1. The molecule has 0 aromatic heterocycles. The number of ether oxygens (including phenoxy) is 1. The van der Waals surface area contributed by atoms with Crippen molar-refractivity contribution in [3.8, 4) is 5.75 Å². The van der Waals surface area contributed by atoms with Crippen LogP contribution in [0.3, 0.4) is 0 Å². The van der Waals surface area contributed by atoms with Crippen LogP contribution in [0.2, 0.25) is 0 Å². The van der Waals surface area contributed by atoms with Gasteiger partial charge in [-0.25, -0.2) is 0 Å². The highest BCUT2D eigenvalue weighted by molar-refractivity contribution is 9.09. The quantitative estimate of drug-likeness (QED) is 0.293. The van der Waals surface area contributed by atoms with E-state index in [2.05, 4.69) is 20.7 Å². The lowest BCUT2D eigenvalue weighted by atomic mass is 10.0. The van der Waals surface area contributed by atoms with E-state index >= 15 is 0 Å². The van der Waals surface area contributed by atoms with Crippen molar-refractivity contribution < 1.29 is 27.1 Å². The highest BCUT2D eigenvalue weighted by Crippen LogP contribution is 2.30. The van der Waals surface area contributed by atoms with Crippen LogP contribution in [0.25, 0.3) is 0 Å². The highest BCUT2D eigenvalue weighted by atomic mass is 79.9. The third-order valence-electron chi connectivity index (χ3n) is 2.48. The predicted molar refractivity (Wildman–Crippen MR) is 70.0 cm³/mol. The summed E-state index contributed by atoms with van der Waals surface area (Å²) in [6.45, 7) is 0. The number of alkyl halides is 5. The van der Waals surface area contributed by atoms with Crippen LogP contribution in [0.4, 0.5) is 17.6 Å². The van der Waals surface area contributed by atoms with Crippen LogP contribution in [0.1, 0.15) is 29.6 Å². The molecule has 2 nitrogen and oxygen atoms in total. The van der Waals surface area contributed by atoms with Crippen molar-refractivity contribution >= 4 is 21.7 Å². The number of benzene rings is 1. The fourth-order valence-electron chi connectivity index (χ4n) is 1.49. The highest BCUT2D eigenvalue weighted by Gasteiger charge is 2.44. The SMILES string of the molecule is O=C(CCCCBr)c1ccccc1OC(F)(F)C(F)F. The van der Waals surface area contributed by atoms with Gasteiger partial charge < -0.3 is 4.74 Å². The Balaban J connectivity index is 2.85. The molecule has 0 amide bonds. The van der Waals surface area contributed by atoms with Crippen LogP contribution in [-0.2, 0) is 0 Å². The largest absolute Gasteiger partial charge is 0.461 e. The second-order valence-corrected chi connectivity index (χ2v) is 4.82. The zero-order chi connectivity index (χ0) is 15.2. The van der Waals surface area contributed by atoms with E-state index in [9.17, 15) is 22.4 Å². The van der Waals surface area contributed by atoms with Crippen molar-refractivity contribution in [2.75, 3.05) is 5.33 Å². The van der Waals surface area contributed by atoms with Gasteiger partial charge in [-0.1, -0.05) is 28.1 Å². The van der Waals surface area contributed by atoms with Gasteiger partial charge in [0.1, 0.15) is 5.75 Å². The molecule has 0 aliphatic rings. The van der Waals surface area contributed by atoms with Crippen molar-refractivity contribution in [2.45, 2.75) is 31.8 Å². The van der Waals surface area contributed by atoms with Gasteiger partial charge in [-0.3, -0.25) is 4.79 Å². The number of hydrogen-bond acceptors (Lipinski definition) is 2. The molecular formula is C13H13BrF4O2. The Labute approximate surface area is 122 Å². The van der Waals surface area contributed by atoms with Gasteiger partial charge in [0.25, 0.3) is 0 Å². The zero-order valence-electron chi connectivity index (χ0n) is 10.4. The van der Waals surface area contributed by atoms with Crippen molar-refractivity contribution in [3.63, 3.8) is 0 Å². The number of rotatable bonds is 8. The predicted octanol–water partition coefficient (Wildman–Crippen LogP) is 4.67. The molecule has 0 spiro atoms. The van der Waals surface area contributed by atoms with E-state index < -0.39 is 24.1 Å². The van der Waals surface area contributed by atoms with E-state index in [4.69, 9.17) is 0 Å². The summed E-state index contributed by atoms with van der Waals surface area (Å²) in [5.74, 6) is -0.937. The van der Waals surface area contributed by atoms with Crippen LogP contribution in [-0.4, -0.2) is 23.6 Å². The standard InChI is InChI=1S/C13H13BrF4O2/c14-8-4-3-6-10(19)9-5-1-2-7-11(9)20-13(17,18)12(15)16/h1-2,5,7,12H,3-4,6,8H2. The number of carbonyl (C=O) groups excluding carboxylic acids is 1. The minimum absolute atomic E-state index is 0.109. The first-order chi connectivity index (χ1) is 9.38. The minimum Gasteiger partial charge on any atom is -0.428 e. The van der Waals surface area contributed by atoms with Crippen LogP contribution < -0.4 is 4.74 Å². The summed E-state index contributed by atoms with van der Waals surface area (Å²) in [6.07, 6.45) is -7.11. The first kappa shape index (κ1) is 16.9. The summed E-state index contributed by atoms with van der Waals surface area (Å²) in [4.78, 5) is 11.9. The Hall–Kier alpha value is -1.11. The number of para-hydroxylation sites is 1. The normalized spacial score (nSPS) is 11.7. The van der Waals surface area contributed by atoms with E-state index in [-0.39, 0.29) is 12.0 Å². The summed E-state index contributed by atoms with van der Waals surface area (Å²) in [5, 5.41) is 0.724. The molecule has 0 N–H and O–H groups in total. The van der Waals surface area contributed by atoms with Gasteiger partial charge in [0.15, 0.2) is 5.78 Å². The Morgan fingerprint density at radius 2 is 1.90 bits per heavy atom. The van der Waals surface area contributed by atoms with E-state index in [1.807, 2.05) is 0 Å². The molecule has 0 atom stereocenters. The summed E-state index contributed by atoms with van der Waals surface area (Å²) in [6, 6.07) is 5.17. The van der Waals surface area contributed by atoms with E-state index in [1.165, 1.54) is 18.2 Å². The molecule has 0 radical (unpaired) electrons. The molecule has 7 heteroatoms. The molecule has 20 heavy (non-hydrogen) atoms. The molecule has 0 saturated heterocycles. The summed E-state index contributed by atoms with van der Waals surface area (Å²) >= 11 is 3.21. The monoisotopic (exact) mass is 356 g/mol. The number of unbranched alkanes of at least 4 members (excludes halogenated alkanes) is 1. The first-order valence-electron chi connectivity index (χ1n) is 5.91. The van der Waals surface area contributed by atoms with Gasteiger partial charge in [-0.05, 0) is 25.0 Å². The number of carbonyl (C=O) groups is 1. The van der Waals surface area contributed by atoms with Gasteiger partial charge in [-0.2, -0.15) is 17.6 Å². The molecule has 1 rings (SSSR count). The molecule has 0 bridgehead atoms. The molecule has 0 saturated carbocycles.